The van der Waals surface area contributed by atoms with E-state index in [1.807, 2.05) is 61.6 Å². The summed E-state index contributed by atoms with van der Waals surface area (Å²) in [4.78, 5) is 19.8. The number of rotatable bonds is 5. The van der Waals surface area contributed by atoms with E-state index in [-0.39, 0.29) is 5.91 Å². The van der Waals surface area contributed by atoms with E-state index in [4.69, 9.17) is 0 Å². The zero-order valence-electron chi connectivity index (χ0n) is 13.7. The molecule has 24 heavy (non-hydrogen) atoms. The van der Waals surface area contributed by atoms with E-state index < -0.39 is 0 Å². The number of nitrogens with one attached hydrogen (secondary N) is 1. The third-order valence-corrected chi connectivity index (χ3v) is 4.53. The molecule has 1 amide bonds. The van der Waals surface area contributed by atoms with Crippen molar-refractivity contribution in [1.82, 2.24) is 4.98 Å². The van der Waals surface area contributed by atoms with E-state index in [1.54, 1.807) is 6.07 Å². The molecule has 0 bridgehead atoms. The highest BCUT2D eigenvalue weighted by Crippen LogP contribution is 2.22. The summed E-state index contributed by atoms with van der Waals surface area (Å²) in [6.45, 7) is 0. The molecule has 0 saturated heterocycles. The molecule has 122 valence electrons. The summed E-state index contributed by atoms with van der Waals surface area (Å²) >= 11 is 1.51. The van der Waals surface area contributed by atoms with Crippen LogP contribution < -0.4 is 10.2 Å². The van der Waals surface area contributed by atoms with Crippen LogP contribution in [0.4, 0.5) is 10.8 Å². The Labute approximate surface area is 145 Å². The second-order valence-corrected chi connectivity index (χ2v) is 6.81. The van der Waals surface area contributed by atoms with Gasteiger partial charge >= 0.3 is 0 Å². The van der Waals surface area contributed by atoms with Crippen LogP contribution in [0.2, 0.25) is 0 Å². The van der Waals surface area contributed by atoms with E-state index in [0.29, 0.717) is 10.7 Å². The topological polar surface area (TPSA) is 45.2 Å². The normalized spacial score (nSPS) is 10.4. The molecule has 0 atom stereocenters. The molecular formula is C19H19N3OS. The summed E-state index contributed by atoms with van der Waals surface area (Å²) in [5.41, 5.74) is 2.85. The number of anilines is 2. The Morgan fingerprint density at radius 1 is 1.12 bits per heavy atom. The average Bonchev–Trinajstić information content (AvgIpc) is 3.02. The van der Waals surface area contributed by atoms with Gasteiger partial charge in [0.25, 0.3) is 5.91 Å². The summed E-state index contributed by atoms with van der Waals surface area (Å²) < 4.78 is 0. The van der Waals surface area contributed by atoms with Crippen molar-refractivity contribution in [2.75, 3.05) is 24.3 Å². The maximum atomic E-state index is 12.4. The Morgan fingerprint density at radius 3 is 2.67 bits per heavy atom. The molecule has 5 heteroatoms. The number of amides is 1. The summed E-state index contributed by atoms with van der Waals surface area (Å²) in [7, 11) is 3.90. The molecular weight excluding hydrogens is 318 g/mol. The van der Waals surface area contributed by atoms with Crippen molar-refractivity contribution in [1.29, 1.82) is 0 Å². The Kier molecular flexibility index (Phi) is 4.91. The fraction of sp³-hybridized carbons (Fsp3) is 0.158. The van der Waals surface area contributed by atoms with Gasteiger partial charge in [-0.25, -0.2) is 4.98 Å². The minimum absolute atomic E-state index is 0.140. The fourth-order valence-corrected chi connectivity index (χ4v) is 3.18. The van der Waals surface area contributed by atoms with Crippen LogP contribution in [-0.2, 0) is 6.42 Å². The van der Waals surface area contributed by atoms with Crippen molar-refractivity contribution >= 4 is 28.1 Å². The number of hydrogen-bond acceptors (Lipinski definition) is 4. The van der Waals surface area contributed by atoms with Gasteiger partial charge in [0.05, 0.1) is 0 Å². The number of carbonyl (C=O) groups is 1. The predicted molar refractivity (Wildman–Crippen MR) is 100 cm³/mol. The molecule has 2 aromatic carbocycles. The van der Waals surface area contributed by atoms with Crippen LogP contribution in [0.15, 0.2) is 60.8 Å². The zero-order chi connectivity index (χ0) is 16.9. The quantitative estimate of drug-likeness (QED) is 0.764. The van der Waals surface area contributed by atoms with Crippen molar-refractivity contribution in [3.05, 3.63) is 76.8 Å². The van der Waals surface area contributed by atoms with Crippen molar-refractivity contribution < 1.29 is 4.79 Å². The van der Waals surface area contributed by atoms with E-state index in [9.17, 15) is 4.79 Å². The molecule has 0 saturated carbocycles. The number of hydrogen-bond donors (Lipinski definition) is 1. The number of nitrogens with zero attached hydrogens (tertiary/aromatic N) is 2. The van der Waals surface area contributed by atoms with E-state index in [2.05, 4.69) is 22.4 Å². The molecule has 1 N–H and O–H groups in total. The molecule has 0 aliphatic carbocycles. The SMILES string of the molecule is CN(C)c1cccc(C(=O)Nc2ncc(Cc3ccccc3)s2)c1. The molecule has 0 fully saturated rings. The molecule has 0 spiro atoms. The molecule has 3 rings (SSSR count). The Morgan fingerprint density at radius 2 is 1.92 bits per heavy atom. The van der Waals surface area contributed by atoms with Gasteiger partial charge in [0, 0.05) is 42.8 Å². The summed E-state index contributed by atoms with van der Waals surface area (Å²) in [5, 5.41) is 3.51. The van der Waals surface area contributed by atoms with Gasteiger partial charge in [-0.1, -0.05) is 36.4 Å². The van der Waals surface area contributed by atoms with Gasteiger partial charge in [0.1, 0.15) is 0 Å². The lowest BCUT2D eigenvalue weighted by atomic mass is 10.1. The molecule has 0 aliphatic rings. The number of aromatic nitrogens is 1. The maximum Gasteiger partial charge on any atom is 0.257 e. The zero-order valence-corrected chi connectivity index (χ0v) is 14.5. The highest BCUT2D eigenvalue weighted by molar-refractivity contribution is 7.15. The highest BCUT2D eigenvalue weighted by Gasteiger charge is 2.10. The predicted octanol–water partition coefficient (Wildman–Crippen LogP) is 4.05. The second-order valence-electron chi connectivity index (χ2n) is 5.69. The average molecular weight is 337 g/mol. The number of benzene rings is 2. The van der Waals surface area contributed by atoms with Gasteiger partial charge in [-0.3, -0.25) is 10.1 Å². The molecule has 4 nitrogen and oxygen atoms in total. The second kappa shape index (κ2) is 7.27. The minimum Gasteiger partial charge on any atom is -0.378 e. The minimum atomic E-state index is -0.140. The van der Waals surface area contributed by atoms with Crippen LogP contribution in [0.1, 0.15) is 20.8 Å². The molecule has 0 radical (unpaired) electrons. The van der Waals surface area contributed by atoms with Gasteiger partial charge in [0.15, 0.2) is 5.13 Å². The standard InChI is InChI=1S/C19H19N3OS/c1-22(2)16-10-6-9-15(12-16)18(23)21-19-20-13-17(24-19)11-14-7-4-3-5-8-14/h3-10,12-13H,11H2,1-2H3,(H,20,21,23). The van der Waals surface area contributed by atoms with Gasteiger partial charge in [-0.15, -0.1) is 11.3 Å². The Bertz CT molecular complexity index is 827. The Hall–Kier alpha value is -2.66. The highest BCUT2D eigenvalue weighted by atomic mass is 32.1. The van der Waals surface area contributed by atoms with Crippen molar-refractivity contribution in [3.8, 4) is 0 Å². The first-order valence-corrected chi connectivity index (χ1v) is 8.51. The number of thiazole rings is 1. The monoisotopic (exact) mass is 337 g/mol. The molecule has 1 aromatic heterocycles. The third kappa shape index (κ3) is 4.00. The van der Waals surface area contributed by atoms with E-state index in [1.165, 1.54) is 16.9 Å². The van der Waals surface area contributed by atoms with Gasteiger partial charge in [0.2, 0.25) is 0 Å². The first-order chi connectivity index (χ1) is 11.6. The van der Waals surface area contributed by atoms with Crippen LogP contribution in [-0.4, -0.2) is 25.0 Å². The van der Waals surface area contributed by atoms with Crippen LogP contribution in [0.5, 0.6) is 0 Å². The molecule has 3 aromatic rings. The number of carbonyl (C=O) groups excluding carboxylic acids is 1. The van der Waals surface area contributed by atoms with Gasteiger partial charge < -0.3 is 4.90 Å². The third-order valence-electron chi connectivity index (χ3n) is 3.62. The first-order valence-electron chi connectivity index (χ1n) is 7.69. The van der Waals surface area contributed by atoms with Crippen molar-refractivity contribution in [2.45, 2.75) is 6.42 Å². The summed E-state index contributed by atoms with van der Waals surface area (Å²) in [5.74, 6) is -0.140. The van der Waals surface area contributed by atoms with Crippen LogP contribution in [0.3, 0.4) is 0 Å². The maximum absolute atomic E-state index is 12.4. The van der Waals surface area contributed by atoms with Gasteiger partial charge in [-0.05, 0) is 23.8 Å². The lowest BCUT2D eigenvalue weighted by Gasteiger charge is -2.13. The van der Waals surface area contributed by atoms with Crippen molar-refractivity contribution in [3.63, 3.8) is 0 Å². The molecule has 0 unspecified atom stereocenters. The molecule has 0 aliphatic heterocycles. The Balaban J connectivity index is 1.68. The van der Waals surface area contributed by atoms with E-state index >= 15 is 0 Å². The van der Waals surface area contributed by atoms with Crippen molar-refractivity contribution in [2.24, 2.45) is 0 Å². The summed E-state index contributed by atoms with van der Waals surface area (Å²) in [6.07, 6.45) is 2.65. The largest absolute Gasteiger partial charge is 0.378 e. The lowest BCUT2D eigenvalue weighted by Crippen LogP contribution is -2.14. The van der Waals surface area contributed by atoms with Crippen LogP contribution in [0, 0.1) is 0 Å². The lowest BCUT2D eigenvalue weighted by molar-refractivity contribution is 0.102. The summed E-state index contributed by atoms with van der Waals surface area (Å²) in [6, 6.07) is 17.8. The fourth-order valence-electron chi connectivity index (χ4n) is 2.34. The van der Waals surface area contributed by atoms with Gasteiger partial charge in [-0.2, -0.15) is 0 Å². The van der Waals surface area contributed by atoms with E-state index in [0.717, 1.165) is 17.0 Å². The van der Waals surface area contributed by atoms with Crippen LogP contribution >= 0.6 is 11.3 Å². The van der Waals surface area contributed by atoms with Crippen LogP contribution in [0.25, 0.3) is 0 Å². The smallest absolute Gasteiger partial charge is 0.257 e. The first kappa shape index (κ1) is 16.2. The molecule has 1 heterocycles.